The molecule has 0 unspecified atom stereocenters. The molecule has 0 aliphatic carbocycles. The molecule has 3 rings (SSSR count). The fourth-order valence-corrected chi connectivity index (χ4v) is 2.68. The van der Waals surface area contributed by atoms with Gasteiger partial charge in [-0.25, -0.2) is 0 Å². The molecule has 0 aliphatic heterocycles. The van der Waals surface area contributed by atoms with Crippen LogP contribution in [0.4, 0.5) is 0 Å². The highest BCUT2D eigenvalue weighted by atomic mass is 16.3. The third-order valence-corrected chi connectivity index (χ3v) is 4.08. The maximum absolute atomic E-state index is 9.92. The summed E-state index contributed by atoms with van der Waals surface area (Å²) in [6.45, 7) is 1.61. The minimum absolute atomic E-state index is 0.392. The third kappa shape index (κ3) is 2.74. The number of aromatic hydroxyl groups is 6. The Kier molecular flexibility index (Phi) is 3.81. The molecular formula is C19H16O6. The average molecular weight is 340 g/mol. The van der Waals surface area contributed by atoms with Crippen LogP contribution in [0.25, 0.3) is 22.3 Å². The second-order valence-corrected chi connectivity index (χ2v) is 5.71. The van der Waals surface area contributed by atoms with Crippen LogP contribution >= 0.6 is 0 Å². The lowest BCUT2D eigenvalue weighted by atomic mass is 9.95. The Morgan fingerprint density at radius 1 is 0.560 bits per heavy atom. The molecule has 0 saturated heterocycles. The minimum atomic E-state index is -0.593. The van der Waals surface area contributed by atoms with Gasteiger partial charge in [-0.3, -0.25) is 0 Å². The van der Waals surface area contributed by atoms with E-state index in [0.29, 0.717) is 27.8 Å². The van der Waals surface area contributed by atoms with E-state index in [4.69, 9.17) is 0 Å². The summed E-state index contributed by atoms with van der Waals surface area (Å²) in [5.41, 5.74) is 2.66. The molecule has 6 N–H and O–H groups in total. The molecule has 6 nitrogen and oxygen atoms in total. The van der Waals surface area contributed by atoms with Crippen LogP contribution in [0, 0.1) is 6.92 Å². The van der Waals surface area contributed by atoms with Crippen molar-refractivity contribution in [3.8, 4) is 56.8 Å². The van der Waals surface area contributed by atoms with Crippen LogP contribution in [0.1, 0.15) is 5.56 Å². The summed E-state index contributed by atoms with van der Waals surface area (Å²) in [7, 11) is 0. The number of benzene rings is 3. The maximum Gasteiger partial charge on any atom is 0.200 e. The smallest absolute Gasteiger partial charge is 0.200 e. The highest BCUT2D eigenvalue weighted by Crippen LogP contribution is 2.44. The van der Waals surface area contributed by atoms with Gasteiger partial charge >= 0.3 is 0 Å². The van der Waals surface area contributed by atoms with Gasteiger partial charge in [0.1, 0.15) is 0 Å². The van der Waals surface area contributed by atoms with Crippen LogP contribution in [-0.4, -0.2) is 30.6 Å². The fourth-order valence-electron chi connectivity index (χ4n) is 2.68. The lowest BCUT2D eigenvalue weighted by Crippen LogP contribution is -1.87. The monoisotopic (exact) mass is 340 g/mol. The molecule has 0 aromatic heterocycles. The van der Waals surface area contributed by atoms with Gasteiger partial charge in [0.2, 0.25) is 5.75 Å². The number of hydrogen-bond acceptors (Lipinski definition) is 6. The molecule has 0 spiro atoms. The zero-order chi connectivity index (χ0) is 18.3. The van der Waals surface area contributed by atoms with Crippen molar-refractivity contribution in [1.29, 1.82) is 0 Å². The minimum Gasteiger partial charge on any atom is -0.504 e. The van der Waals surface area contributed by atoms with Crippen molar-refractivity contribution in [3.63, 3.8) is 0 Å². The molecule has 0 atom stereocenters. The molecule has 0 bridgehead atoms. The van der Waals surface area contributed by atoms with Gasteiger partial charge in [-0.15, -0.1) is 0 Å². The lowest BCUT2D eigenvalue weighted by molar-refractivity contribution is 0.366. The molecule has 0 saturated carbocycles. The quantitative estimate of drug-likeness (QED) is 0.397. The zero-order valence-electron chi connectivity index (χ0n) is 13.2. The van der Waals surface area contributed by atoms with Gasteiger partial charge < -0.3 is 30.6 Å². The van der Waals surface area contributed by atoms with Gasteiger partial charge in [0.15, 0.2) is 28.7 Å². The summed E-state index contributed by atoms with van der Waals surface area (Å²) in [4.78, 5) is 0. The van der Waals surface area contributed by atoms with Gasteiger partial charge in [-0.2, -0.15) is 0 Å². The van der Waals surface area contributed by atoms with Gasteiger partial charge in [0, 0.05) is 5.56 Å². The second kappa shape index (κ2) is 5.83. The summed E-state index contributed by atoms with van der Waals surface area (Å²) in [6, 6.07) is 10.9. The Morgan fingerprint density at radius 2 is 1.12 bits per heavy atom. The van der Waals surface area contributed by atoms with Gasteiger partial charge in [0.25, 0.3) is 0 Å². The van der Waals surface area contributed by atoms with Crippen molar-refractivity contribution in [3.05, 3.63) is 48.0 Å². The topological polar surface area (TPSA) is 121 Å². The Labute approximate surface area is 143 Å². The van der Waals surface area contributed by atoms with Gasteiger partial charge in [0.05, 0.1) is 0 Å². The van der Waals surface area contributed by atoms with Crippen molar-refractivity contribution in [2.45, 2.75) is 6.92 Å². The molecule has 25 heavy (non-hydrogen) atoms. The van der Waals surface area contributed by atoms with Gasteiger partial charge in [-0.1, -0.05) is 18.2 Å². The summed E-state index contributed by atoms with van der Waals surface area (Å²) in [5, 5.41) is 58.1. The predicted molar refractivity (Wildman–Crippen MR) is 92.0 cm³/mol. The predicted octanol–water partition coefficient (Wildman–Crippen LogP) is 3.56. The highest BCUT2D eigenvalue weighted by molar-refractivity contribution is 5.79. The van der Waals surface area contributed by atoms with E-state index in [1.54, 1.807) is 31.2 Å². The zero-order valence-corrected chi connectivity index (χ0v) is 13.2. The first kappa shape index (κ1) is 16.3. The van der Waals surface area contributed by atoms with Crippen molar-refractivity contribution < 1.29 is 30.6 Å². The van der Waals surface area contributed by atoms with E-state index in [0.717, 1.165) is 0 Å². The first-order valence-corrected chi connectivity index (χ1v) is 7.40. The largest absolute Gasteiger partial charge is 0.504 e. The fraction of sp³-hybridized carbons (Fsp3) is 0.0526. The number of phenolic OH excluding ortho intramolecular Hbond substituents is 6. The Balaban J connectivity index is 2.16. The third-order valence-electron chi connectivity index (χ3n) is 4.08. The Hall–Kier alpha value is -3.54. The summed E-state index contributed by atoms with van der Waals surface area (Å²) in [5.74, 6) is -2.91. The van der Waals surface area contributed by atoms with E-state index in [-0.39, 0.29) is 0 Å². The summed E-state index contributed by atoms with van der Waals surface area (Å²) < 4.78 is 0. The molecule has 0 aliphatic rings. The van der Waals surface area contributed by atoms with E-state index in [1.165, 1.54) is 18.2 Å². The molecule has 0 heterocycles. The second-order valence-electron chi connectivity index (χ2n) is 5.71. The molecule has 3 aromatic rings. The van der Waals surface area contributed by atoms with Crippen molar-refractivity contribution in [2.24, 2.45) is 0 Å². The maximum atomic E-state index is 9.92. The van der Waals surface area contributed by atoms with E-state index in [9.17, 15) is 30.6 Å². The standard InChI is InChI=1S/C19H16O6/c1-9-13(8-16(22)19(25)17(9)23)11-4-2-3-10(5-11)12-6-14(20)18(24)15(21)7-12/h2-8,20-25H,1H3. The number of hydrogen-bond donors (Lipinski definition) is 6. The van der Waals surface area contributed by atoms with E-state index < -0.39 is 34.5 Å². The molecule has 0 radical (unpaired) electrons. The van der Waals surface area contributed by atoms with Crippen LogP contribution in [-0.2, 0) is 0 Å². The first-order valence-electron chi connectivity index (χ1n) is 7.40. The summed E-state index contributed by atoms with van der Waals surface area (Å²) in [6.07, 6.45) is 0. The Bertz CT molecular complexity index is 955. The van der Waals surface area contributed by atoms with Crippen LogP contribution in [0.3, 0.4) is 0 Å². The summed E-state index contributed by atoms with van der Waals surface area (Å²) >= 11 is 0. The van der Waals surface area contributed by atoms with Crippen LogP contribution < -0.4 is 0 Å². The molecule has 128 valence electrons. The normalized spacial score (nSPS) is 10.8. The Morgan fingerprint density at radius 3 is 1.76 bits per heavy atom. The lowest BCUT2D eigenvalue weighted by Gasteiger charge is -2.13. The van der Waals surface area contributed by atoms with E-state index >= 15 is 0 Å². The van der Waals surface area contributed by atoms with Crippen LogP contribution in [0.15, 0.2) is 42.5 Å². The highest BCUT2D eigenvalue weighted by Gasteiger charge is 2.16. The van der Waals surface area contributed by atoms with Crippen LogP contribution in [0.5, 0.6) is 34.5 Å². The molecular weight excluding hydrogens is 324 g/mol. The first-order chi connectivity index (χ1) is 11.8. The van der Waals surface area contributed by atoms with Crippen molar-refractivity contribution in [1.82, 2.24) is 0 Å². The SMILES string of the molecule is Cc1c(-c2cccc(-c3cc(O)c(O)c(O)c3)c2)cc(O)c(O)c1O. The van der Waals surface area contributed by atoms with Crippen molar-refractivity contribution in [2.75, 3.05) is 0 Å². The number of phenols is 6. The van der Waals surface area contributed by atoms with E-state index in [1.807, 2.05) is 0 Å². The molecule has 3 aromatic carbocycles. The van der Waals surface area contributed by atoms with Crippen molar-refractivity contribution >= 4 is 0 Å². The molecule has 0 amide bonds. The van der Waals surface area contributed by atoms with E-state index in [2.05, 4.69) is 0 Å². The average Bonchev–Trinajstić information content (AvgIpc) is 2.60. The van der Waals surface area contributed by atoms with Gasteiger partial charge in [-0.05, 0) is 53.4 Å². The number of rotatable bonds is 2. The van der Waals surface area contributed by atoms with Crippen LogP contribution in [0.2, 0.25) is 0 Å². The molecule has 0 fully saturated rings. The molecule has 6 heteroatoms.